The standard InChI is InChI=1S/C9H19BO/c1-4-7-9(6-3,11-10)8-5-2/h4-8H2,1-3H3. The Kier molecular flexibility index (Phi) is 5.66. The van der Waals surface area contributed by atoms with E-state index in [1.54, 1.807) is 0 Å². The molecule has 0 bridgehead atoms. The third-order valence-corrected chi connectivity index (χ3v) is 2.31. The van der Waals surface area contributed by atoms with E-state index in [1.807, 2.05) is 0 Å². The molecule has 0 aromatic carbocycles. The van der Waals surface area contributed by atoms with Gasteiger partial charge in [0.1, 0.15) is 0 Å². The highest BCUT2D eigenvalue weighted by Gasteiger charge is 2.23. The summed E-state index contributed by atoms with van der Waals surface area (Å²) in [6, 6.07) is 0. The maximum atomic E-state index is 5.29. The fraction of sp³-hybridized carbons (Fsp3) is 1.00. The van der Waals surface area contributed by atoms with Crippen molar-refractivity contribution in [3.63, 3.8) is 0 Å². The average Bonchev–Trinajstić information content (AvgIpc) is 2.04. The summed E-state index contributed by atoms with van der Waals surface area (Å²) in [5, 5.41) is 0. The van der Waals surface area contributed by atoms with Crippen molar-refractivity contribution in [2.45, 2.75) is 58.5 Å². The molecule has 0 amide bonds. The van der Waals surface area contributed by atoms with Gasteiger partial charge in [-0.2, -0.15) is 0 Å². The van der Waals surface area contributed by atoms with Crippen LogP contribution in [0.25, 0.3) is 0 Å². The molecule has 0 fully saturated rings. The van der Waals surface area contributed by atoms with Crippen molar-refractivity contribution in [3.05, 3.63) is 0 Å². The van der Waals surface area contributed by atoms with Gasteiger partial charge in [-0.25, -0.2) is 0 Å². The lowest BCUT2D eigenvalue weighted by Crippen LogP contribution is -2.30. The summed E-state index contributed by atoms with van der Waals surface area (Å²) in [6.45, 7) is 6.47. The van der Waals surface area contributed by atoms with Gasteiger partial charge in [0.25, 0.3) is 8.05 Å². The van der Waals surface area contributed by atoms with Gasteiger partial charge in [0.15, 0.2) is 0 Å². The van der Waals surface area contributed by atoms with E-state index in [2.05, 4.69) is 20.8 Å². The van der Waals surface area contributed by atoms with Gasteiger partial charge < -0.3 is 4.65 Å². The molecule has 64 valence electrons. The van der Waals surface area contributed by atoms with Crippen LogP contribution in [-0.2, 0) is 4.65 Å². The molecule has 2 heteroatoms. The van der Waals surface area contributed by atoms with Gasteiger partial charge in [-0.3, -0.25) is 0 Å². The van der Waals surface area contributed by atoms with E-state index in [0.717, 1.165) is 32.1 Å². The Morgan fingerprint density at radius 3 is 1.73 bits per heavy atom. The molecule has 0 unspecified atom stereocenters. The van der Waals surface area contributed by atoms with Crippen LogP contribution in [-0.4, -0.2) is 13.7 Å². The quantitative estimate of drug-likeness (QED) is 0.534. The van der Waals surface area contributed by atoms with Crippen LogP contribution in [0.4, 0.5) is 0 Å². The Morgan fingerprint density at radius 1 is 1.09 bits per heavy atom. The minimum Gasteiger partial charge on any atom is -0.442 e. The highest BCUT2D eigenvalue weighted by atomic mass is 16.4. The Labute approximate surface area is 72.0 Å². The minimum atomic E-state index is -0.0382. The topological polar surface area (TPSA) is 9.23 Å². The summed E-state index contributed by atoms with van der Waals surface area (Å²) in [5.41, 5.74) is -0.0382. The van der Waals surface area contributed by atoms with Crippen molar-refractivity contribution >= 4 is 8.05 Å². The van der Waals surface area contributed by atoms with E-state index >= 15 is 0 Å². The molecule has 2 radical (unpaired) electrons. The Bertz CT molecular complexity index is 81.6. The van der Waals surface area contributed by atoms with Crippen LogP contribution in [0.15, 0.2) is 0 Å². The largest absolute Gasteiger partial charge is 0.442 e. The zero-order chi connectivity index (χ0) is 8.74. The third-order valence-electron chi connectivity index (χ3n) is 2.31. The van der Waals surface area contributed by atoms with Gasteiger partial charge >= 0.3 is 0 Å². The van der Waals surface area contributed by atoms with Crippen molar-refractivity contribution in [1.82, 2.24) is 0 Å². The molecule has 1 nitrogen and oxygen atoms in total. The lowest BCUT2D eigenvalue weighted by molar-refractivity contribution is 0.0544. The van der Waals surface area contributed by atoms with Crippen LogP contribution >= 0.6 is 0 Å². The van der Waals surface area contributed by atoms with Gasteiger partial charge in [0.05, 0.1) is 0 Å². The number of hydrogen-bond donors (Lipinski definition) is 0. The normalized spacial score (nSPS) is 11.9. The molecule has 11 heavy (non-hydrogen) atoms. The molecule has 0 saturated carbocycles. The SMILES string of the molecule is [B]OC(CC)(CCC)CCC. The highest BCUT2D eigenvalue weighted by Crippen LogP contribution is 2.26. The number of rotatable bonds is 6. The predicted octanol–water partition coefficient (Wildman–Crippen LogP) is 2.84. The van der Waals surface area contributed by atoms with Gasteiger partial charge in [-0.15, -0.1) is 0 Å². The maximum Gasteiger partial charge on any atom is 0.283 e. The van der Waals surface area contributed by atoms with Crippen molar-refractivity contribution in [2.75, 3.05) is 0 Å². The van der Waals surface area contributed by atoms with Crippen LogP contribution in [0.2, 0.25) is 0 Å². The fourth-order valence-electron chi connectivity index (χ4n) is 1.59. The van der Waals surface area contributed by atoms with Crippen LogP contribution in [0.1, 0.15) is 52.9 Å². The molecule has 0 rings (SSSR count). The molecule has 0 aliphatic carbocycles. The smallest absolute Gasteiger partial charge is 0.283 e. The first-order chi connectivity index (χ1) is 5.24. The van der Waals surface area contributed by atoms with Gasteiger partial charge in [0, 0.05) is 5.60 Å². The molecule has 0 aliphatic heterocycles. The van der Waals surface area contributed by atoms with E-state index in [0.29, 0.717) is 0 Å². The first-order valence-electron chi connectivity index (χ1n) is 4.62. The van der Waals surface area contributed by atoms with E-state index in [4.69, 9.17) is 12.7 Å². The molecule has 0 aromatic rings. The molecule has 0 aromatic heterocycles. The van der Waals surface area contributed by atoms with Gasteiger partial charge in [-0.1, -0.05) is 33.6 Å². The lowest BCUT2D eigenvalue weighted by atomic mass is 9.89. The fourth-order valence-corrected chi connectivity index (χ4v) is 1.59. The van der Waals surface area contributed by atoms with E-state index in [1.165, 1.54) is 0 Å². The van der Waals surface area contributed by atoms with Crippen molar-refractivity contribution < 1.29 is 4.65 Å². The lowest BCUT2D eigenvalue weighted by Gasteiger charge is -2.31. The van der Waals surface area contributed by atoms with Crippen molar-refractivity contribution in [1.29, 1.82) is 0 Å². The summed E-state index contributed by atoms with van der Waals surface area (Å²) in [6.07, 6.45) is 5.46. The summed E-state index contributed by atoms with van der Waals surface area (Å²) < 4.78 is 5.07. The molecular formula is C9H19BO. The van der Waals surface area contributed by atoms with E-state index in [9.17, 15) is 0 Å². The zero-order valence-electron chi connectivity index (χ0n) is 8.02. The second kappa shape index (κ2) is 5.65. The third kappa shape index (κ3) is 3.28. The van der Waals surface area contributed by atoms with Gasteiger partial charge in [0.2, 0.25) is 0 Å². The maximum absolute atomic E-state index is 5.29. The van der Waals surface area contributed by atoms with E-state index in [-0.39, 0.29) is 5.60 Å². The van der Waals surface area contributed by atoms with Crippen LogP contribution in [0, 0.1) is 0 Å². The Hall–Kier alpha value is 0.0249. The van der Waals surface area contributed by atoms with Crippen LogP contribution in [0.3, 0.4) is 0 Å². The minimum absolute atomic E-state index is 0.0382. The molecule has 0 saturated heterocycles. The Balaban J connectivity index is 3.96. The van der Waals surface area contributed by atoms with E-state index < -0.39 is 0 Å². The summed E-state index contributed by atoms with van der Waals surface area (Å²) >= 11 is 0. The van der Waals surface area contributed by atoms with Crippen molar-refractivity contribution in [3.8, 4) is 0 Å². The second-order valence-electron chi connectivity index (χ2n) is 3.15. The molecule has 0 N–H and O–H groups in total. The van der Waals surface area contributed by atoms with Crippen molar-refractivity contribution in [2.24, 2.45) is 0 Å². The molecular weight excluding hydrogens is 135 g/mol. The average molecular weight is 154 g/mol. The summed E-state index contributed by atoms with van der Waals surface area (Å²) in [4.78, 5) is 0. The van der Waals surface area contributed by atoms with Crippen LogP contribution < -0.4 is 0 Å². The summed E-state index contributed by atoms with van der Waals surface area (Å²) in [5.74, 6) is 0. The zero-order valence-corrected chi connectivity index (χ0v) is 8.02. The first kappa shape index (κ1) is 11.0. The molecule has 0 heterocycles. The monoisotopic (exact) mass is 154 g/mol. The van der Waals surface area contributed by atoms with Crippen LogP contribution in [0.5, 0.6) is 0 Å². The summed E-state index contributed by atoms with van der Waals surface area (Å²) in [7, 11) is 5.29. The predicted molar refractivity (Wildman–Crippen MR) is 49.7 cm³/mol. The Morgan fingerprint density at radius 2 is 1.55 bits per heavy atom. The first-order valence-corrected chi connectivity index (χ1v) is 4.62. The number of hydrogen-bond acceptors (Lipinski definition) is 1. The van der Waals surface area contributed by atoms with Gasteiger partial charge in [-0.05, 0) is 19.3 Å². The molecule has 0 aliphatic rings. The molecule has 0 atom stereocenters. The second-order valence-corrected chi connectivity index (χ2v) is 3.15. The molecule has 0 spiro atoms. The highest BCUT2D eigenvalue weighted by molar-refractivity contribution is 5.98.